The molecule has 0 unspecified atom stereocenters. The van der Waals surface area contributed by atoms with E-state index in [1.807, 2.05) is 6.07 Å². The number of carbonyl (C=O) groups is 1. The smallest absolute Gasteiger partial charge is 0.340 e. The fourth-order valence-electron chi connectivity index (χ4n) is 3.89. The van der Waals surface area contributed by atoms with Gasteiger partial charge in [0.05, 0.1) is 24.6 Å². The van der Waals surface area contributed by atoms with Gasteiger partial charge in [0, 0.05) is 28.5 Å². The molecule has 0 saturated heterocycles. The van der Waals surface area contributed by atoms with Gasteiger partial charge in [-0.05, 0) is 66.8 Å². The third-order valence-corrected chi connectivity index (χ3v) is 6.33. The molecule has 1 heterocycles. The Kier molecular flexibility index (Phi) is 6.33. The van der Waals surface area contributed by atoms with Crippen LogP contribution in [0, 0.1) is 5.82 Å². The normalized spacial score (nSPS) is 15.3. The lowest BCUT2D eigenvalue weighted by Gasteiger charge is -2.27. The number of aromatic nitrogens is 1. The van der Waals surface area contributed by atoms with Crippen molar-refractivity contribution in [1.29, 1.82) is 0 Å². The first-order chi connectivity index (χ1) is 14.6. The second-order valence-electron chi connectivity index (χ2n) is 7.30. The van der Waals surface area contributed by atoms with E-state index in [1.165, 1.54) is 24.3 Å². The number of halogens is 1. The fourth-order valence-corrected chi connectivity index (χ4v) is 4.82. The average Bonchev–Trinajstić information content (AvgIpc) is 2.77. The third kappa shape index (κ3) is 4.65. The van der Waals surface area contributed by atoms with E-state index in [0.29, 0.717) is 17.2 Å². The van der Waals surface area contributed by atoms with E-state index >= 15 is 0 Å². The number of rotatable bonds is 6. The summed E-state index contributed by atoms with van der Waals surface area (Å²) in [6, 6.07) is 14.9. The number of fused-ring (bicyclic) bond motifs is 1. The van der Waals surface area contributed by atoms with Gasteiger partial charge in [0.2, 0.25) is 0 Å². The number of nitrogens with zero attached hydrogens (tertiary/aromatic N) is 1. The Morgan fingerprint density at radius 1 is 1.23 bits per heavy atom. The van der Waals surface area contributed by atoms with Gasteiger partial charge >= 0.3 is 5.97 Å². The van der Waals surface area contributed by atoms with Gasteiger partial charge in [-0.3, -0.25) is 4.98 Å². The largest absolute Gasteiger partial charge is 0.465 e. The number of ether oxygens (including phenoxy) is 1. The highest BCUT2D eigenvalue weighted by Crippen LogP contribution is 2.36. The molecule has 1 aliphatic carbocycles. The summed E-state index contributed by atoms with van der Waals surface area (Å²) in [5.41, 5.74) is 3.86. The standard InChI is InChI=1S/C24H23FN2O2S/c1-29-24(28)22-10-11-26-15-23(22)27-14-17-5-2-4-16-12-20(8-9-21(16)17)30-19-7-3-6-18(25)13-19/h3,6-13,15,17,27H,2,4-5,14H2,1H3/t17-/m1/s1. The molecule has 0 amide bonds. The van der Waals surface area contributed by atoms with Crippen LogP contribution < -0.4 is 5.32 Å². The Morgan fingerprint density at radius 2 is 2.10 bits per heavy atom. The molecule has 2 aromatic carbocycles. The second-order valence-corrected chi connectivity index (χ2v) is 8.45. The minimum Gasteiger partial charge on any atom is -0.465 e. The first kappa shape index (κ1) is 20.4. The van der Waals surface area contributed by atoms with E-state index in [9.17, 15) is 9.18 Å². The van der Waals surface area contributed by atoms with Gasteiger partial charge in [-0.25, -0.2) is 9.18 Å². The van der Waals surface area contributed by atoms with Crippen LogP contribution >= 0.6 is 11.8 Å². The Bertz CT molecular complexity index is 1060. The van der Waals surface area contributed by atoms with Crippen molar-refractivity contribution in [3.8, 4) is 0 Å². The second kappa shape index (κ2) is 9.30. The number of esters is 1. The monoisotopic (exact) mass is 422 g/mol. The highest BCUT2D eigenvalue weighted by atomic mass is 32.2. The van der Waals surface area contributed by atoms with E-state index in [1.54, 1.807) is 42.4 Å². The van der Waals surface area contributed by atoms with Gasteiger partial charge in [-0.15, -0.1) is 0 Å². The van der Waals surface area contributed by atoms with Crippen LogP contribution in [0.15, 0.2) is 70.7 Å². The van der Waals surface area contributed by atoms with Crippen molar-refractivity contribution < 1.29 is 13.9 Å². The van der Waals surface area contributed by atoms with Crippen LogP contribution in [0.3, 0.4) is 0 Å². The number of nitrogens with one attached hydrogen (secondary N) is 1. The molecule has 4 rings (SSSR count). The maximum absolute atomic E-state index is 13.5. The summed E-state index contributed by atoms with van der Waals surface area (Å²) in [4.78, 5) is 18.1. The highest BCUT2D eigenvalue weighted by Gasteiger charge is 2.21. The topological polar surface area (TPSA) is 51.2 Å². The first-order valence-electron chi connectivity index (χ1n) is 9.96. The molecule has 1 N–H and O–H groups in total. The first-order valence-corrected chi connectivity index (χ1v) is 10.8. The van der Waals surface area contributed by atoms with Crippen molar-refractivity contribution in [2.75, 3.05) is 19.0 Å². The van der Waals surface area contributed by atoms with Crippen molar-refractivity contribution in [2.45, 2.75) is 35.0 Å². The number of carbonyl (C=O) groups excluding carboxylic acids is 1. The van der Waals surface area contributed by atoms with Crippen LogP contribution in [0.5, 0.6) is 0 Å². The Balaban J connectivity index is 1.49. The molecule has 0 aliphatic heterocycles. The zero-order chi connectivity index (χ0) is 20.9. The molecule has 0 radical (unpaired) electrons. The van der Waals surface area contributed by atoms with Gasteiger partial charge in [-0.2, -0.15) is 0 Å². The van der Waals surface area contributed by atoms with Gasteiger partial charge in [0.1, 0.15) is 5.82 Å². The number of benzene rings is 2. The zero-order valence-electron chi connectivity index (χ0n) is 16.7. The van der Waals surface area contributed by atoms with E-state index in [4.69, 9.17) is 4.74 Å². The maximum atomic E-state index is 13.5. The number of hydrogen-bond donors (Lipinski definition) is 1. The van der Waals surface area contributed by atoms with Crippen LogP contribution in [0.4, 0.5) is 10.1 Å². The van der Waals surface area contributed by atoms with Crippen LogP contribution in [0.25, 0.3) is 0 Å². The summed E-state index contributed by atoms with van der Waals surface area (Å²) in [5.74, 6) is -0.235. The Hall–Kier alpha value is -2.86. The molecule has 0 spiro atoms. The van der Waals surface area contributed by atoms with Crippen LogP contribution in [-0.4, -0.2) is 24.6 Å². The van der Waals surface area contributed by atoms with Crippen LogP contribution in [0.2, 0.25) is 0 Å². The number of hydrogen-bond acceptors (Lipinski definition) is 5. The predicted molar refractivity (Wildman–Crippen MR) is 117 cm³/mol. The maximum Gasteiger partial charge on any atom is 0.340 e. The van der Waals surface area contributed by atoms with Crippen LogP contribution in [-0.2, 0) is 11.2 Å². The number of aryl methyl sites for hydroxylation is 1. The van der Waals surface area contributed by atoms with E-state index in [0.717, 1.165) is 35.6 Å². The predicted octanol–water partition coefficient (Wildman–Crippen LogP) is 5.69. The molecule has 30 heavy (non-hydrogen) atoms. The molecule has 1 aliphatic rings. The Morgan fingerprint density at radius 3 is 2.93 bits per heavy atom. The van der Waals surface area contributed by atoms with Crippen LogP contribution in [0.1, 0.15) is 40.2 Å². The number of anilines is 1. The molecular formula is C24H23FN2O2S. The summed E-state index contributed by atoms with van der Waals surface area (Å²) in [6.45, 7) is 0.721. The van der Waals surface area contributed by atoms with Crippen molar-refractivity contribution in [3.05, 3.63) is 83.4 Å². The third-order valence-electron chi connectivity index (χ3n) is 5.35. The number of pyridine rings is 1. The SMILES string of the molecule is COC(=O)c1ccncc1NC[C@H]1CCCc2cc(Sc3cccc(F)c3)ccc21. The average molecular weight is 423 g/mol. The molecule has 0 fully saturated rings. The van der Waals surface area contributed by atoms with E-state index in [-0.39, 0.29) is 11.8 Å². The zero-order valence-corrected chi connectivity index (χ0v) is 17.5. The van der Waals surface area contributed by atoms with E-state index < -0.39 is 0 Å². The molecule has 154 valence electrons. The van der Waals surface area contributed by atoms with Gasteiger partial charge in [0.15, 0.2) is 0 Å². The molecule has 4 nitrogen and oxygen atoms in total. The summed E-state index contributed by atoms with van der Waals surface area (Å²) >= 11 is 1.58. The molecule has 0 saturated carbocycles. The molecule has 3 aromatic rings. The Labute approximate surface area is 179 Å². The molecule has 0 bridgehead atoms. The quantitative estimate of drug-likeness (QED) is 0.517. The lowest BCUT2D eigenvalue weighted by atomic mass is 9.83. The van der Waals surface area contributed by atoms with E-state index in [2.05, 4.69) is 28.5 Å². The summed E-state index contributed by atoms with van der Waals surface area (Å²) in [5, 5.41) is 3.39. The fraction of sp³-hybridized carbons (Fsp3) is 0.250. The van der Waals surface area contributed by atoms with Gasteiger partial charge in [-0.1, -0.05) is 23.9 Å². The lowest BCUT2D eigenvalue weighted by molar-refractivity contribution is 0.0601. The summed E-state index contributed by atoms with van der Waals surface area (Å²) in [6.07, 6.45) is 6.50. The van der Waals surface area contributed by atoms with Crippen molar-refractivity contribution >= 4 is 23.4 Å². The molecule has 1 aromatic heterocycles. The molecule has 6 heteroatoms. The summed E-state index contributed by atoms with van der Waals surface area (Å²) < 4.78 is 18.3. The van der Waals surface area contributed by atoms with Gasteiger partial charge in [0.25, 0.3) is 0 Å². The summed E-state index contributed by atoms with van der Waals surface area (Å²) in [7, 11) is 1.38. The minimum absolute atomic E-state index is 0.217. The molecular weight excluding hydrogens is 399 g/mol. The van der Waals surface area contributed by atoms with Crippen molar-refractivity contribution in [2.24, 2.45) is 0 Å². The van der Waals surface area contributed by atoms with Crippen molar-refractivity contribution in [3.63, 3.8) is 0 Å². The lowest BCUT2D eigenvalue weighted by Crippen LogP contribution is -2.19. The van der Waals surface area contributed by atoms with Gasteiger partial charge < -0.3 is 10.1 Å². The van der Waals surface area contributed by atoms with Crippen molar-refractivity contribution in [1.82, 2.24) is 4.98 Å². The molecule has 1 atom stereocenters. The number of methoxy groups -OCH3 is 1. The minimum atomic E-state index is -0.372. The highest BCUT2D eigenvalue weighted by molar-refractivity contribution is 7.99.